The summed E-state index contributed by atoms with van der Waals surface area (Å²) in [5.41, 5.74) is 1.08. The first kappa shape index (κ1) is 19.0. The summed E-state index contributed by atoms with van der Waals surface area (Å²) < 4.78 is 31.9. The molecule has 2 aromatic carbocycles. The molecule has 0 radical (unpaired) electrons. The summed E-state index contributed by atoms with van der Waals surface area (Å²) in [7, 11) is 1.66. The van der Waals surface area contributed by atoms with Crippen molar-refractivity contribution in [1.82, 2.24) is 29.8 Å². The van der Waals surface area contributed by atoms with Crippen molar-refractivity contribution in [3.8, 4) is 11.4 Å². The van der Waals surface area contributed by atoms with Gasteiger partial charge in [0.15, 0.2) is 11.0 Å². The Morgan fingerprint density at radius 3 is 2.66 bits per heavy atom. The lowest BCUT2D eigenvalue weighted by Crippen LogP contribution is -2.20. The number of halogens is 2. The minimum absolute atomic E-state index is 0.0445. The molecule has 0 spiro atoms. The van der Waals surface area contributed by atoms with Crippen LogP contribution in [0.2, 0.25) is 0 Å². The number of ether oxygens (including phenoxy) is 1. The third kappa shape index (κ3) is 3.94. The van der Waals surface area contributed by atoms with Crippen LogP contribution in [0, 0.1) is 0 Å². The van der Waals surface area contributed by atoms with E-state index in [1.807, 2.05) is 6.07 Å². The van der Waals surface area contributed by atoms with Gasteiger partial charge in [-0.25, -0.2) is 4.98 Å². The van der Waals surface area contributed by atoms with E-state index in [1.165, 1.54) is 33.1 Å². The molecule has 0 aliphatic carbocycles. The average molecular weight is 416 g/mol. The van der Waals surface area contributed by atoms with E-state index in [1.54, 1.807) is 37.4 Å². The van der Waals surface area contributed by atoms with Crippen molar-refractivity contribution >= 4 is 22.7 Å². The molecular formula is C18H14F2N6O2S. The number of aromatic nitrogens is 6. The predicted octanol–water partition coefficient (Wildman–Crippen LogP) is 2.80. The minimum Gasteiger partial charge on any atom is -0.435 e. The van der Waals surface area contributed by atoms with Gasteiger partial charge < -0.3 is 4.74 Å². The van der Waals surface area contributed by atoms with Crippen molar-refractivity contribution < 1.29 is 13.5 Å². The molecule has 0 unspecified atom stereocenters. The zero-order valence-corrected chi connectivity index (χ0v) is 15.9. The number of fused-ring (bicyclic) bond motifs is 1. The van der Waals surface area contributed by atoms with Crippen LogP contribution in [0.5, 0.6) is 5.75 Å². The molecule has 0 aliphatic rings. The molecule has 4 aromatic rings. The number of para-hydroxylation sites is 1. The number of benzene rings is 2. The van der Waals surface area contributed by atoms with Crippen LogP contribution in [0.4, 0.5) is 8.78 Å². The Morgan fingerprint density at radius 2 is 1.90 bits per heavy atom. The third-order valence-corrected chi connectivity index (χ3v) is 5.14. The molecule has 4 rings (SSSR count). The van der Waals surface area contributed by atoms with E-state index < -0.39 is 6.61 Å². The summed E-state index contributed by atoms with van der Waals surface area (Å²) in [5, 5.41) is 12.7. The number of hydrogen-bond donors (Lipinski definition) is 0. The molecule has 2 heterocycles. The van der Waals surface area contributed by atoms with Crippen LogP contribution in [0.25, 0.3) is 16.6 Å². The average Bonchev–Trinajstić information content (AvgIpc) is 3.18. The molecule has 0 bridgehead atoms. The van der Waals surface area contributed by atoms with Gasteiger partial charge in [-0.3, -0.25) is 9.36 Å². The van der Waals surface area contributed by atoms with E-state index in [0.717, 1.165) is 0 Å². The van der Waals surface area contributed by atoms with Gasteiger partial charge in [0, 0.05) is 7.05 Å². The van der Waals surface area contributed by atoms with Crippen LogP contribution < -0.4 is 10.3 Å². The smallest absolute Gasteiger partial charge is 0.387 e. The second-order valence-corrected chi connectivity index (χ2v) is 6.89. The summed E-state index contributed by atoms with van der Waals surface area (Å²) in [6.07, 6.45) is 0. The first-order valence-corrected chi connectivity index (χ1v) is 9.42. The second kappa shape index (κ2) is 7.95. The normalized spacial score (nSPS) is 11.3. The lowest BCUT2D eigenvalue weighted by molar-refractivity contribution is -0.0498. The highest BCUT2D eigenvalue weighted by Gasteiger charge is 2.13. The van der Waals surface area contributed by atoms with Crippen molar-refractivity contribution in [2.24, 2.45) is 7.05 Å². The number of nitrogens with zero attached hydrogens (tertiary/aromatic N) is 6. The van der Waals surface area contributed by atoms with E-state index in [2.05, 4.69) is 25.2 Å². The summed E-state index contributed by atoms with van der Waals surface area (Å²) in [6, 6.07) is 13.1. The monoisotopic (exact) mass is 416 g/mol. The molecule has 0 saturated heterocycles. The Balaban J connectivity index is 1.57. The summed E-state index contributed by atoms with van der Waals surface area (Å²) in [6.45, 7) is -2.89. The molecule has 0 amide bonds. The van der Waals surface area contributed by atoms with E-state index in [4.69, 9.17) is 0 Å². The van der Waals surface area contributed by atoms with E-state index in [9.17, 15) is 13.6 Å². The molecule has 0 saturated carbocycles. The van der Waals surface area contributed by atoms with Gasteiger partial charge in [-0.05, 0) is 46.8 Å². The molecular weight excluding hydrogens is 402 g/mol. The van der Waals surface area contributed by atoms with Crippen LogP contribution in [0.3, 0.4) is 0 Å². The maximum Gasteiger partial charge on any atom is 0.387 e. The number of tetrazole rings is 1. The van der Waals surface area contributed by atoms with Gasteiger partial charge in [0.25, 0.3) is 5.56 Å². The first-order valence-electron chi connectivity index (χ1n) is 8.44. The molecule has 148 valence electrons. The number of hydrogen-bond acceptors (Lipinski definition) is 7. The SMILES string of the molecule is Cn1c(SCc2nnnn2-c2ccc(OC(F)F)cc2)nc2ccccc2c1=O. The van der Waals surface area contributed by atoms with E-state index >= 15 is 0 Å². The maximum atomic E-state index is 12.5. The van der Waals surface area contributed by atoms with Crippen LogP contribution in [-0.2, 0) is 12.8 Å². The summed E-state index contributed by atoms with van der Waals surface area (Å²) >= 11 is 1.32. The van der Waals surface area contributed by atoms with Gasteiger partial charge >= 0.3 is 6.61 Å². The van der Waals surface area contributed by atoms with Gasteiger partial charge in [0.2, 0.25) is 0 Å². The quantitative estimate of drug-likeness (QED) is 0.353. The van der Waals surface area contributed by atoms with Crippen LogP contribution in [-0.4, -0.2) is 36.4 Å². The summed E-state index contributed by atoms with van der Waals surface area (Å²) in [4.78, 5) is 17.0. The van der Waals surface area contributed by atoms with Gasteiger partial charge in [-0.1, -0.05) is 23.9 Å². The van der Waals surface area contributed by atoms with Gasteiger partial charge in [0.1, 0.15) is 5.75 Å². The fraction of sp³-hybridized carbons (Fsp3) is 0.167. The Kier molecular flexibility index (Phi) is 5.21. The topological polar surface area (TPSA) is 87.7 Å². The Hall–Kier alpha value is -3.34. The second-order valence-electron chi connectivity index (χ2n) is 5.94. The standard InChI is InChI=1S/C18H14F2N6O2S/c1-25-16(27)13-4-2-3-5-14(13)21-18(25)29-10-15-22-23-24-26(15)11-6-8-12(9-7-11)28-17(19)20/h2-9,17H,10H2,1H3. The number of thioether (sulfide) groups is 1. The minimum atomic E-state index is -2.89. The Morgan fingerprint density at radius 1 is 1.14 bits per heavy atom. The first-order chi connectivity index (χ1) is 14.0. The van der Waals surface area contributed by atoms with Crippen molar-refractivity contribution in [2.45, 2.75) is 17.5 Å². The molecule has 0 N–H and O–H groups in total. The Bertz CT molecular complexity index is 1210. The maximum absolute atomic E-state index is 12.5. The zero-order valence-electron chi connectivity index (χ0n) is 15.1. The van der Waals surface area contributed by atoms with Crippen LogP contribution >= 0.6 is 11.8 Å². The van der Waals surface area contributed by atoms with Gasteiger partial charge in [-0.2, -0.15) is 13.5 Å². The molecule has 0 aliphatic heterocycles. The highest BCUT2D eigenvalue weighted by molar-refractivity contribution is 7.98. The van der Waals surface area contributed by atoms with Gasteiger partial charge in [0.05, 0.1) is 22.3 Å². The summed E-state index contributed by atoms with van der Waals surface area (Å²) in [5.74, 6) is 0.906. The third-order valence-electron chi connectivity index (χ3n) is 4.11. The highest BCUT2D eigenvalue weighted by Crippen LogP contribution is 2.22. The van der Waals surface area contributed by atoms with Crippen molar-refractivity contribution in [3.05, 3.63) is 64.7 Å². The molecule has 11 heteroatoms. The lowest BCUT2D eigenvalue weighted by Gasteiger charge is -2.09. The zero-order chi connectivity index (χ0) is 20.4. The number of alkyl halides is 2. The van der Waals surface area contributed by atoms with Crippen molar-refractivity contribution in [2.75, 3.05) is 0 Å². The highest BCUT2D eigenvalue weighted by atomic mass is 32.2. The fourth-order valence-electron chi connectivity index (χ4n) is 2.72. The van der Waals surface area contributed by atoms with Crippen molar-refractivity contribution in [1.29, 1.82) is 0 Å². The van der Waals surface area contributed by atoms with E-state index in [-0.39, 0.29) is 11.3 Å². The largest absolute Gasteiger partial charge is 0.435 e. The van der Waals surface area contributed by atoms with Crippen LogP contribution in [0.1, 0.15) is 5.82 Å². The van der Waals surface area contributed by atoms with Crippen molar-refractivity contribution in [3.63, 3.8) is 0 Å². The molecule has 2 aromatic heterocycles. The molecule has 29 heavy (non-hydrogen) atoms. The molecule has 0 fully saturated rings. The predicted molar refractivity (Wildman–Crippen MR) is 102 cm³/mol. The van der Waals surface area contributed by atoms with E-state index in [0.29, 0.717) is 33.3 Å². The van der Waals surface area contributed by atoms with Crippen LogP contribution in [0.15, 0.2) is 58.5 Å². The lowest BCUT2D eigenvalue weighted by atomic mass is 10.2. The Labute approximate surface area is 167 Å². The molecule has 0 atom stereocenters. The molecule has 8 nitrogen and oxygen atoms in total. The fourth-order valence-corrected chi connectivity index (χ4v) is 3.60. The number of rotatable bonds is 6. The van der Waals surface area contributed by atoms with Gasteiger partial charge in [-0.15, -0.1) is 5.10 Å².